The van der Waals surface area contributed by atoms with Gasteiger partial charge >= 0.3 is 0 Å². The van der Waals surface area contributed by atoms with Gasteiger partial charge in [-0.15, -0.1) is 11.3 Å². The van der Waals surface area contributed by atoms with E-state index in [1.807, 2.05) is 7.05 Å². The zero-order valence-corrected chi connectivity index (χ0v) is 8.63. The first-order valence-electron chi connectivity index (χ1n) is 3.74. The van der Waals surface area contributed by atoms with E-state index in [-0.39, 0.29) is 0 Å². The molecule has 2 rings (SSSR count). The summed E-state index contributed by atoms with van der Waals surface area (Å²) in [5, 5.41) is 0. The summed E-state index contributed by atoms with van der Waals surface area (Å²) in [6.45, 7) is 2.10. The molecule has 1 aromatic carbocycles. The largest absolute Gasteiger partial charge is 0.326 e. The third-order valence-corrected chi connectivity index (χ3v) is 3.47. The maximum atomic E-state index is 5.18. The molecule has 12 heavy (non-hydrogen) atoms. The first kappa shape index (κ1) is 7.95. The van der Waals surface area contributed by atoms with E-state index in [2.05, 4.69) is 29.7 Å². The van der Waals surface area contributed by atoms with Gasteiger partial charge in [-0.3, -0.25) is 0 Å². The highest BCUT2D eigenvalue weighted by Gasteiger charge is 1.99. The first-order chi connectivity index (χ1) is 5.68. The molecule has 0 N–H and O–H groups in total. The Morgan fingerprint density at radius 1 is 1.42 bits per heavy atom. The van der Waals surface area contributed by atoms with Gasteiger partial charge in [0.2, 0.25) is 0 Å². The van der Waals surface area contributed by atoms with Crippen molar-refractivity contribution in [2.75, 3.05) is 0 Å². The number of hydrogen-bond acceptors (Lipinski definition) is 2. The van der Waals surface area contributed by atoms with Gasteiger partial charge in [-0.2, -0.15) is 0 Å². The average molecular weight is 195 g/mol. The molecular formula is C9H9NS2. The topological polar surface area (TPSA) is 4.93 Å². The molecule has 1 heterocycles. The van der Waals surface area contributed by atoms with Crippen LogP contribution in [0.2, 0.25) is 0 Å². The van der Waals surface area contributed by atoms with E-state index in [1.54, 1.807) is 11.3 Å². The van der Waals surface area contributed by atoms with E-state index in [0.29, 0.717) is 0 Å². The summed E-state index contributed by atoms with van der Waals surface area (Å²) in [5.41, 5.74) is 2.52. The average Bonchev–Trinajstić information content (AvgIpc) is 2.28. The van der Waals surface area contributed by atoms with Crippen LogP contribution >= 0.6 is 23.6 Å². The molecule has 0 amide bonds. The number of hydrogen-bond donors (Lipinski definition) is 0. The predicted octanol–water partition coefficient (Wildman–Crippen LogP) is 3.28. The fraction of sp³-hybridized carbons (Fsp3) is 0.222. The number of benzene rings is 1. The van der Waals surface area contributed by atoms with Crippen LogP contribution in [0.3, 0.4) is 0 Å². The molecule has 1 aromatic heterocycles. The minimum atomic E-state index is 0.940. The van der Waals surface area contributed by atoms with Crippen molar-refractivity contribution in [3.8, 4) is 0 Å². The lowest BCUT2D eigenvalue weighted by Crippen LogP contribution is -1.84. The van der Waals surface area contributed by atoms with Crippen LogP contribution in [0.4, 0.5) is 0 Å². The Bertz CT molecular complexity index is 479. The number of aryl methyl sites for hydroxylation is 2. The molecule has 0 atom stereocenters. The van der Waals surface area contributed by atoms with E-state index in [1.165, 1.54) is 15.8 Å². The fourth-order valence-electron chi connectivity index (χ4n) is 1.24. The molecule has 0 bridgehead atoms. The van der Waals surface area contributed by atoms with Crippen molar-refractivity contribution in [3.05, 3.63) is 27.7 Å². The van der Waals surface area contributed by atoms with Gasteiger partial charge in [0.05, 0.1) is 10.2 Å². The Morgan fingerprint density at radius 3 is 2.92 bits per heavy atom. The van der Waals surface area contributed by atoms with Gasteiger partial charge in [-0.25, -0.2) is 0 Å². The molecule has 0 radical (unpaired) electrons. The Hall–Kier alpha value is -0.670. The van der Waals surface area contributed by atoms with Gasteiger partial charge < -0.3 is 4.57 Å². The zero-order valence-electron chi connectivity index (χ0n) is 7.00. The second-order valence-electron chi connectivity index (χ2n) is 2.90. The van der Waals surface area contributed by atoms with Crippen LogP contribution in [0.1, 0.15) is 5.56 Å². The lowest BCUT2D eigenvalue weighted by atomic mass is 10.2. The van der Waals surface area contributed by atoms with Gasteiger partial charge in [0.1, 0.15) is 0 Å². The number of fused-ring (bicyclic) bond motifs is 1. The number of nitrogens with zero attached hydrogens (tertiary/aromatic N) is 1. The van der Waals surface area contributed by atoms with Crippen LogP contribution in [-0.2, 0) is 7.05 Å². The zero-order chi connectivity index (χ0) is 8.72. The molecule has 0 aliphatic rings. The Balaban J connectivity index is 2.96. The molecule has 0 unspecified atom stereocenters. The summed E-state index contributed by atoms with van der Waals surface area (Å²) >= 11 is 6.85. The monoisotopic (exact) mass is 195 g/mol. The number of thiazole rings is 1. The minimum absolute atomic E-state index is 0.940. The molecular weight excluding hydrogens is 186 g/mol. The standard InChI is InChI=1S/C9H9NS2/c1-6-3-4-7-8(5-6)12-9(11)10(7)2/h3-5H,1-2H3. The van der Waals surface area contributed by atoms with E-state index in [4.69, 9.17) is 12.2 Å². The van der Waals surface area contributed by atoms with Gasteiger partial charge in [0.25, 0.3) is 0 Å². The molecule has 1 nitrogen and oxygen atoms in total. The molecule has 0 saturated carbocycles. The van der Waals surface area contributed by atoms with Crippen LogP contribution in [0, 0.1) is 10.9 Å². The quantitative estimate of drug-likeness (QED) is 0.584. The summed E-state index contributed by atoms with van der Waals surface area (Å²) < 4.78 is 4.27. The van der Waals surface area contributed by atoms with Crippen molar-refractivity contribution in [1.82, 2.24) is 4.57 Å². The molecule has 0 fully saturated rings. The molecule has 62 valence electrons. The number of aromatic nitrogens is 1. The van der Waals surface area contributed by atoms with Crippen LogP contribution in [-0.4, -0.2) is 4.57 Å². The Kier molecular flexibility index (Phi) is 1.77. The second-order valence-corrected chi connectivity index (χ2v) is 4.57. The molecule has 0 spiro atoms. The lowest BCUT2D eigenvalue weighted by molar-refractivity contribution is 0.964. The third kappa shape index (κ3) is 1.09. The van der Waals surface area contributed by atoms with Crippen LogP contribution < -0.4 is 0 Å². The summed E-state index contributed by atoms with van der Waals surface area (Å²) in [5.74, 6) is 0. The molecule has 3 heteroatoms. The van der Waals surface area contributed by atoms with Crippen molar-refractivity contribution in [2.24, 2.45) is 7.05 Å². The van der Waals surface area contributed by atoms with Crippen molar-refractivity contribution in [1.29, 1.82) is 0 Å². The van der Waals surface area contributed by atoms with Crippen molar-refractivity contribution < 1.29 is 0 Å². The van der Waals surface area contributed by atoms with Gasteiger partial charge in [-0.05, 0) is 36.8 Å². The van der Waals surface area contributed by atoms with E-state index in [9.17, 15) is 0 Å². The third-order valence-electron chi connectivity index (χ3n) is 1.95. The van der Waals surface area contributed by atoms with Crippen molar-refractivity contribution in [3.63, 3.8) is 0 Å². The Morgan fingerprint density at radius 2 is 2.17 bits per heavy atom. The van der Waals surface area contributed by atoms with Gasteiger partial charge in [0.15, 0.2) is 3.95 Å². The maximum Gasteiger partial charge on any atom is 0.161 e. The summed E-state index contributed by atoms with van der Waals surface area (Å²) in [6.07, 6.45) is 0. The first-order valence-corrected chi connectivity index (χ1v) is 4.97. The second kappa shape index (κ2) is 2.68. The van der Waals surface area contributed by atoms with Crippen molar-refractivity contribution in [2.45, 2.75) is 6.92 Å². The highest BCUT2D eigenvalue weighted by molar-refractivity contribution is 7.73. The van der Waals surface area contributed by atoms with Gasteiger partial charge in [0, 0.05) is 7.05 Å². The summed E-state index contributed by atoms with van der Waals surface area (Å²) in [4.78, 5) is 0. The van der Waals surface area contributed by atoms with Gasteiger partial charge in [-0.1, -0.05) is 6.07 Å². The summed E-state index contributed by atoms with van der Waals surface area (Å²) in [7, 11) is 2.01. The molecule has 0 saturated heterocycles. The van der Waals surface area contributed by atoms with Crippen LogP contribution in [0.15, 0.2) is 18.2 Å². The lowest BCUT2D eigenvalue weighted by Gasteiger charge is -1.94. The van der Waals surface area contributed by atoms with E-state index in [0.717, 1.165) is 3.95 Å². The predicted molar refractivity (Wildman–Crippen MR) is 56.4 cm³/mol. The van der Waals surface area contributed by atoms with Crippen LogP contribution in [0.25, 0.3) is 10.2 Å². The molecule has 0 aliphatic heterocycles. The molecule has 2 aromatic rings. The normalized spacial score (nSPS) is 10.8. The number of rotatable bonds is 0. The highest BCUT2D eigenvalue weighted by atomic mass is 32.1. The minimum Gasteiger partial charge on any atom is -0.326 e. The van der Waals surface area contributed by atoms with Crippen molar-refractivity contribution >= 4 is 33.8 Å². The molecule has 0 aliphatic carbocycles. The van der Waals surface area contributed by atoms with E-state index < -0.39 is 0 Å². The maximum absolute atomic E-state index is 5.18. The smallest absolute Gasteiger partial charge is 0.161 e. The van der Waals surface area contributed by atoms with E-state index >= 15 is 0 Å². The Labute approximate surface area is 80.3 Å². The highest BCUT2D eigenvalue weighted by Crippen LogP contribution is 2.22. The van der Waals surface area contributed by atoms with Crippen LogP contribution in [0.5, 0.6) is 0 Å². The SMILES string of the molecule is Cc1ccc2c(c1)sc(=S)n2C. The fourth-order valence-corrected chi connectivity index (χ4v) is 2.59. The summed E-state index contributed by atoms with van der Waals surface area (Å²) in [6, 6.07) is 6.41.